The Balaban J connectivity index is 1.45. The maximum absolute atomic E-state index is 12.2. The molecule has 1 N–H and O–H groups in total. The lowest BCUT2D eigenvalue weighted by molar-refractivity contribution is -0.158. The topological polar surface area (TPSA) is 55.8 Å². The maximum Gasteiger partial charge on any atom is 0.339 e. The molecular formula is C26H35BrO4. The fraction of sp³-hybridized carbons (Fsp3) is 0.500. The van der Waals surface area contributed by atoms with Gasteiger partial charge in [-0.1, -0.05) is 109 Å². The number of hydrogen-bond donors (Lipinski definition) is 1. The van der Waals surface area contributed by atoms with E-state index >= 15 is 0 Å². The number of benzene rings is 2. The van der Waals surface area contributed by atoms with E-state index in [1.807, 2.05) is 24.3 Å². The molecule has 170 valence electrons. The summed E-state index contributed by atoms with van der Waals surface area (Å²) in [5.74, 6) is -0.579. The van der Waals surface area contributed by atoms with Crippen molar-refractivity contribution < 1.29 is 19.4 Å². The van der Waals surface area contributed by atoms with Crippen molar-refractivity contribution in [3.63, 3.8) is 0 Å². The molecule has 0 radical (unpaired) electrons. The number of unbranched alkanes of at least 4 members (excludes halogenated alkanes) is 6. The van der Waals surface area contributed by atoms with E-state index in [1.54, 1.807) is 24.3 Å². The van der Waals surface area contributed by atoms with Crippen LogP contribution in [0.4, 0.5) is 0 Å². The SMILES string of the molecule is O=C(O[C@H](CBr)CCCCCCCCCOCc1ccccc1)[C@@H](O)c1ccccc1. The van der Waals surface area contributed by atoms with Crippen molar-refractivity contribution in [1.29, 1.82) is 0 Å². The van der Waals surface area contributed by atoms with Crippen LogP contribution in [-0.2, 0) is 20.9 Å². The monoisotopic (exact) mass is 490 g/mol. The van der Waals surface area contributed by atoms with E-state index < -0.39 is 12.1 Å². The predicted molar refractivity (Wildman–Crippen MR) is 128 cm³/mol. The molecule has 0 unspecified atom stereocenters. The minimum Gasteiger partial charge on any atom is -0.459 e. The van der Waals surface area contributed by atoms with Crippen LogP contribution in [0.1, 0.15) is 68.6 Å². The molecule has 2 rings (SSSR count). The van der Waals surface area contributed by atoms with Gasteiger partial charge in [-0.2, -0.15) is 0 Å². The zero-order valence-corrected chi connectivity index (χ0v) is 19.8. The molecule has 31 heavy (non-hydrogen) atoms. The molecule has 2 aromatic carbocycles. The summed E-state index contributed by atoms with van der Waals surface area (Å²) in [6.45, 7) is 1.52. The highest BCUT2D eigenvalue weighted by molar-refractivity contribution is 9.09. The second-order valence-corrected chi connectivity index (χ2v) is 8.48. The van der Waals surface area contributed by atoms with Crippen LogP contribution < -0.4 is 0 Å². The lowest BCUT2D eigenvalue weighted by Crippen LogP contribution is -2.24. The first-order valence-electron chi connectivity index (χ1n) is 11.3. The molecule has 0 spiro atoms. The average molecular weight is 491 g/mol. The van der Waals surface area contributed by atoms with Gasteiger partial charge < -0.3 is 14.6 Å². The van der Waals surface area contributed by atoms with Crippen molar-refractivity contribution in [3.05, 3.63) is 71.8 Å². The van der Waals surface area contributed by atoms with E-state index in [1.165, 1.54) is 31.2 Å². The van der Waals surface area contributed by atoms with E-state index in [4.69, 9.17) is 9.47 Å². The summed E-state index contributed by atoms with van der Waals surface area (Å²) in [6, 6.07) is 19.2. The molecular weight excluding hydrogens is 456 g/mol. The number of esters is 1. The van der Waals surface area contributed by atoms with Gasteiger partial charge in [0, 0.05) is 11.9 Å². The zero-order chi connectivity index (χ0) is 22.2. The van der Waals surface area contributed by atoms with Crippen molar-refractivity contribution in [1.82, 2.24) is 0 Å². The number of halogens is 1. The Morgan fingerprint density at radius 3 is 2.06 bits per heavy atom. The first-order chi connectivity index (χ1) is 15.2. The minimum atomic E-state index is -1.22. The van der Waals surface area contributed by atoms with Gasteiger partial charge in [0.05, 0.1) is 6.61 Å². The van der Waals surface area contributed by atoms with Crippen molar-refractivity contribution >= 4 is 21.9 Å². The first kappa shape index (κ1) is 25.6. The molecule has 2 atom stereocenters. The molecule has 0 heterocycles. The van der Waals surface area contributed by atoms with Gasteiger partial charge in [-0.3, -0.25) is 0 Å². The van der Waals surface area contributed by atoms with Gasteiger partial charge in [-0.15, -0.1) is 0 Å². The fourth-order valence-electron chi connectivity index (χ4n) is 3.39. The van der Waals surface area contributed by atoms with Gasteiger partial charge in [-0.25, -0.2) is 4.79 Å². The number of carbonyl (C=O) groups excluding carboxylic acids is 1. The van der Waals surface area contributed by atoms with Gasteiger partial charge in [0.25, 0.3) is 0 Å². The van der Waals surface area contributed by atoms with Crippen LogP contribution in [-0.4, -0.2) is 29.1 Å². The Morgan fingerprint density at radius 1 is 0.839 bits per heavy atom. The van der Waals surface area contributed by atoms with Gasteiger partial charge in [-0.05, 0) is 30.4 Å². The highest BCUT2D eigenvalue weighted by Crippen LogP contribution is 2.18. The largest absolute Gasteiger partial charge is 0.459 e. The third kappa shape index (κ3) is 10.9. The van der Waals surface area contributed by atoms with Crippen LogP contribution in [0.5, 0.6) is 0 Å². The van der Waals surface area contributed by atoms with Crippen molar-refractivity contribution in [2.24, 2.45) is 0 Å². The summed E-state index contributed by atoms with van der Waals surface area (Å²) in [6.07, 6.45) is 7.50. The third-order valence-corrected chi connectivity index (χ3v) is 5.94. The Labute approximate surface area is 195 Å². The summed E-state index contributed by atoms with van der Waals surface area (Å²) in [4.78, 5) is 12.2. The third-order valence-electron chi connectivity index (χ3n) is 5.22. The lowest BCUT2D eigenvalue weighted by atomic mass is 10.1. The highest BCUT2D eigenvalue weighted by atomic mass is 79.9. The first-order valence-corrected chi connectivity index (χ1v) is 12.4. The molecule has 0 fully saturated rings. The van der Waals surface area contributed by atoms with E-state index in [9.17, 15) is 9.90 Å². The fourth-order valence-corrected chi connectivity index (χ4v) is 3.85. The Morgan fingerprint density at radius 2 is 1.42 bits per heavy atom. The molecule has 0 aliphatic rings. The molecule has 0 aromatic heterocycles. The average Bonchev–Trinajstić information content (AvgIpc) is 2.82. The van der Waals surface area contributed by atoms with Crippen LogP contribution in [0, 0.1) is 0 Å². The van der Waals surface area contributed by atoms with Crippen molar-refractivity contribution in [2.75, 3.05) is 11.9 Å². The molecule has 5 heteroatoms. The second-order valence-electron chi connectivity index (χ2n) is 7.83. The van der Waals surface area contributed by atoms with Crippen LogP contribution in [0.2, 0.25) is 0 Å². The summed E-state index contributed by atoms with van der Waals surface area (Å²) < 4.78 is 11.2. The van der Waals surface area contributed by atoms with E-state index in [2.05, 4.69) is 28.1 Å². The van der Waals surface area contributed by atoms with Gasteiger partial charge in [0.1, 0.15) is 6.10 Å². The number of aliphatic hydroxyl groups is 1. The van der Waals surface area contributed by atoms with Crippen LogP contribution in [0.25, 0.3) is 0 Å². The quantitative estimate of drug-likeness (QED) is 0.169. The molecule has 0 saturated heterocycles. The number of hydrogen-bond acceptors (Lipinski definition) is 4. The van der Waals surface area contributed by atoms with Gasteiger partial charge >= 0.3 is 5.97 Å². The summed E-state index contributed by atoms with van der Waals surface area (Å²) in [5.41, 5.74) is 1.79. The van der Waals surface area contributed by atoms with Crippen LogP contribution >= 0.6 is 15.9 Å². The van der Waals surface area contributed by atoms with E-state index in [0.29, 0.717) is 17.5 Å². The Bertz CT molecular complexity index is 708. The number of ether oxygens (including phenoxy) is 2. The summed E-state index contributed by atoms with van der Waals surface area (Å²) >= 11 is 3.42. The molecule has 0 aliphatic carbocycles. The van der Waals surface area contributed by atoms with E-state index in [-0.39, 0.29) is 6.10 Å². The van der Waals surface area contributed by atoms with Crippen LogP contribution in [0.15, 0.2) is 60.7 Å². The molecule has 2 aromatic rings. The highest BCUT2D eigenvalue weighted by Gasteiger charge is 2.22. The number of aliphatic hydroxyl groups excluding tert-OH is 1. The predicted octanol–water partition coefficient (Wildman–Crippen LogP) is 6.36. The zero-order valence-electron chi connectivity index (χ0n) is 18.3. The van der Waals surface area contributed by atoms with Gasteiger partial charge in [0.15, 0.2) is 6.10 Å². The standard InChI is InChI=1S/C26H35BrO4/c27-20-24(31-26(29)25(28)23-16-10-7-11-17-23)18-12-4-2-1-3-5-13-19-30-21-22-14-8-6-9-15-22/h6-11,14-17,24-25,28H,1-5,12-13,18-21H2/t24-,25-/m0/s1. The van der Waals surface area contributed by atoms with Crippen LogP contribution in [0.3, 0.4) is 0 Å². The molecule has 0 saturated carbocycles. The maximum atomic E-state index is 12.2. The minimum absolute atomic E-state index is 0.201. The van der Waals surface area contributed by atoms with Crippen molar-refractivity contribution in [2.45, 2.75) is 70.2 Å². The van der Waals surface area contributed by atoms with Gasteiger partial charge in [0.2, 0.25) is 0 Å². The van der Waals surface area contributed by atoms with Crippen molar-refractivity contribution in [3.8, 4) is 0 Å². The molecule has 0 aliphatic heterocycles. The Kier molecular flexibility index (Phi) is 13.2. The Hall–Kier alpha value is -1.69. The second kappa shape index (κ2) is 16.0. The normalized spacial score (nSPS) is 13.0. The lowest BCUT2D eigenvalue weighted by Gasteiger charge is -2.18. The number of rotatable bonds is 16. The smallest absolute Gasteiger partial charge is 0.339 e. The van der Waals surface area contributed by atoms with E-state index in [0.717, 1.165) is 32.3 Å². The summed E-state index contributed by atoms with van der Waals surface area (Å²) in [7, 11) is 0. The molecule has 0 bridgehead atoms. The molecule has 4 nitrogen and oxygen atoms in total. The summed E-state index contributed by atoms with van der Waals surface area (Å²) in [5, 5.41) is 10.7. The molecule has 0 amide bonds. The number of alkyl halides is 1. The number of carbonyl (C=O) groups is 1.